The highest BCUT2D eigenvalue weighted by Crippen LogP contribution is 2.27. The van der Waals surface area contributed by atoms with Gasteiger partial charge in [-0.3, -0.25) is 0 Å². The van der Waals surface area contributed by atoms with Crippen molar-refractivity contribution in [1.29, 1.82) is 0 Å². The SMILES string of the molecule is CCOC(=O)[C@H](CC1CC=C(C)CC1)NC(=O)OC(C)(C)C. The van der Waals surface area contributed by atoms with Crippen LogP contribution in [0.1, 0.15) is 60.3 Å². The van der Waals surface area contributed by atoms with E-state index in [4.69, 9.17) is 9.47 Å². The predicted octanol–water partition coefficient (Wildman–Crippen LogP) is 3.58. The van der Waals surface area contributed by atoms with E-state index in [9.17, 15) is 9.59 Å². The van der Waals surface area contributed by atoms with E-state index in [0.717, 1.165) is 19.3 Å². The Labute approximate surface area is 133 Å². The molecule has 0 spiro atoms. The Morgan fingerprint density at radius 2 is 2.09 bits per heavy atom. The van der Waals surface area contributed by atoms with Gasteiger partial charge in [0.15, 0.2) is 0 Å². The Bertz CT molecular complexity index is 423. The van der Waals surface area contributed by atoms with E-state index in [1.54, 1.807) is 27.7 Å². The summed E-state index contributed by atoms with van der Waals surface area (Å²) in [5, 5.41) is 2.66. The van der Waals surface area contributed by atoms with Crippen LogP contribution in [0.4, 0.5) is 4.79 Å². The van der Waals surface area contributed by atoms with Crippen molar-refractivity contribution in [2.75, 3.05) is 6.61 Å². The van der Waals surface area contributed by atoms with Gasteiger partial charge in [0, 0.05) is 0 Å². The van der Waals surface area contributed by atoms with E-state index in [-0.39, 0.29) is 5.97 Å². The first-order valence-corrected chi connectivity index (χ1v) is 8.03. The molecule has 1 rings (SSSR count). The maximum Gasteiger partial charge on any atom is 0.408 e. The lowest BCUT2D eigenvalue weighted by Gasteiger charge is -2.26. The number of rotatable bonds is 5. The maximum absolute atomic E-state index is 12.1. The van der Waals surface area contributed by atoms with Crippen molar-refractivity contribution in [2.45, 2.75) is 71.9 Å². The molecule has 1 aliphatic carbocycles. The van der Waals surface area contributed by atoms with Gasteiger partial charge < -0.3 is 14.8 Å². The predicted molar refractivity (Wildman–Crippen MR) is 85.5 cm³/mol. The monoisotopic (exact) mass is 311 g/mol. The second-order valence-corrected chi connectivity index (χ2v) is 6.88. The Balaban J connectivity index is 2.64. The number of allylic oxidation sites excluding steroid dienone is 2. The van der Waals surface area contributed by atoms with Gasteiger partial charge in [0.25, 0.3) is 0 Å². The zero-order valence-corrected chi connectivity index (χ0v) is 14.4. The minimum absolute atomic E-state index is 0.301. The van der Waals surface area contributed by atoms with E-state index in [1.165, 1.54) is 5.57 Å². The lowest BCUT2D eigenvalue weighted by molar-refractivity contribution is -0.146. The first-order valence-electron chi connectivity index (χ1n) is 8.03. The molecular weight excluding hydrogens is 282 g/mol. The molecule has 126 valence electrons. The van der Waals surface area contributed by atoms with Gasteiger partial charge in [0.05, 0.1) is 6.61 Å². The highest BCUT2D eigenvalue weighted by Gasteiger charge is 2.28. The maximum atomic E-state index is 12.1. The van der Waals surface area contributed by atoms with E-state index >= 15 is 0 Å². The largest absolute Gasteiger partial charge is 0.464 e. The van der Waals surface area contributed by atoms with Crippen molar-refractivity contribution < 1.29 is 19.1 Å². The number of esters is 1. The smallest absolute Gasteiger partial charge is 0.408 e. The van der Waals surface area contributed by atoms with Crippen molar-refractivity contribution >= 4 is 12.1 Å². The Morgan fingerprint density at radius 3 is 2.59 bits per heavy atom. The number of nitrogens with one attached hydrogen (secondary N) is 1. The number of carbonyl (C=O) groups excluding carboxylic acids is 2. The molecule has 22 heavy (non-hydrogen) atoms. The molecule has 5 heteroatoms. The van der Waals surface area contributed by atoms with Crippen LogP contribution in [-0.2, 0) is 14.3 Å². The summed E-state index contributed by atoms with van der Waals surface area (Å²) in [6.07, 6.45) is 5.25. The second kappa shape index (κ2) is 8.20. The normalized spacial score (nSPS) is 19.9. The third kappa shape index (κ3) is 6.96. The van der Waals surface area contributed by atoms with Gasteiger partial charge in [-0.1, -0.05) is 11.6 Å². The van der Waals surface area contributed by atoms with Crippen LogP contribution < -0.4 is 5.32 Å². The summed E-state index contributed by atoms with van der Waals surface area (Å²) in [6.45, 7) is 9.56. The Hall–Kier alpha value is -1.52. The molecule has 0 heterocycles. The van der Waals surface area contributed by atoms with Crippen molar-refractivity contribution in [2.24, 2.45) is 5.92 Å². The molecule has 0 aromatic carbocycles. The van der Waals surface area contributed by atoms with E-state index < -0.39 is 17.7 Å². The molecule has 0 bridgehead atoms. The summed E-state index contributed by atoms with van der Waals surface area (Å²) in [7, 11) is 0. The first-order chi connectivity index (χ1) is 10.2. The molecule has 0 saturated heterocycles. The quantitative estimate of drug-likeness (QED) is 0.622. The number of hydrogen-bond donors (Lipinski definition) is 1. The van der Waals surface area contributed by atoms with Crippen LogP contribution in [0.5, 0.6) is 0 Å². The van der Waals surface area contributed by atoms with E-state index in [0.29, 0.717) is 18.9 Å². The van der Waals surface area contributed by atoms with Crippen molar-refractivity contribution in [1.82, 2.24) is 5.32 Å². The zero-order chi connectivity index (χ0) is 16.8. The summed E-state index contributed by atoms with van der Waals surface area (Å²) >= 11 is 0. The molecule has 0 fully saturated rings. The molecule has 0 saturated carbocycles. The average Bonchev–Trinajstić information content (AvgIpc) is 2.38. The third-order valence-corrected chi connectivity index (χ3v) is 3.58. The number of alkyl carbamates (subject to hydrolysis) is 1. The molecule has 1 unspecified atom stereocenters. The minimum Gasteiger partial charge on any atom is -0.464 e. The molecule has 0 radical (unpaired) electrons. The number of hydrogen-bond acceptors (Lipinski definition) is 4. The van der Waals surface area contributed by atoms with Gasteiger partial charge >= 0.3 is 12.1 Å². The Morgan fingerprint density at radius 1 is 1.41 bits per heavy atom. The lowest BCUT2D eigenvalue weighted by atomic mass is 9.86. The summed E-state index contributed by atoms with van der Waals surface area (Å²) in [6, 6.07) is -0.647. The van der Waals surface area contributed by atoms with Gasteiger partial charge in [-0.2, -0.15) is 0 Å². The summed E-state index contributed by atoms with van der Waals surface area (Å²) in [4.78, 5) is 24.0. The topological polar surface area (TPSA) is 64.6 Å². The summed E-state index contributed by atoms with van der Waals surface area (Å²) in [5.41, 5.74) is 0.803. The van der Waals surface area contributed by atoms with Gasteiger partial charge in [0.2, 0.25) is 0 Å². The molecule has 2 atom stereocenters. The number of carbonyl (C=O) groups is 2. The van der Waals surface area contributed by atoms with Crippen molar-refractivity contribution in [3.05, 3.63) is 11.6 Å². The highest BCUT2D eigenvalue weighted by molar-refractivity contribution is 5.81. The third-order valence-electron chi connectivity index (χ3n) is 3.58. The van der Waals surface area contributed by atoms with Crippen LogP contribution >= 0.6 is 0 Å². The molecular formula is C17H29NO4. The fourth-order valence-corrected chi connectivity index (χ4v) is 2.47. The lowest BCUT2D eigenvalue weighted by Crippen LogP contribution is -2.45. The van der Waals surface area contributed by atoms with Crippen LogP contribution in [0.15, 0.2) is 11.6 Å². The first kappa shape index (κ1) is 18.5. The average molecular weight is 311 g/mol. The number of ether oxygens (including phenoxy) is 2. The second-order valence-electron chi connectivity index (χ2n) is 6.88. The van der Waals surface area contributed by atoms with Crippen LogP contribution in [0.3, 0.4) is 0 Å². The Kier molecular flexibility index (Phi) is 6.91. The summed E-state index contributed by atoms with van der Waals surface area (Å²) in [5.74, 6) is -0.00678. The van der Waals surface area contributed by atoms with Gasteiger partial charge in [0.1, 0.15) is 11.6 Å². The summed E-state index contributed by atoms with van der Waals surface area (Å²) < 4.78 is 10.3. The zero-order valence-electron chi connectivity index (χ0n) is 14.4. The van der Waals surface area contributed by atoms with Crippen LogP contribution in [0.25, 0.3) is 0 Å². The van der Waals surface area contributed by atoms with Crippen molar-refractivity contribution in [3.8, 4) is 0 Å². The standard InChI is InChI=1S/C17H29NO4/c1-6-21-15(19)14(18-16(20)22-17(3,4)5)11-13-9-7-12(2)8-10-13/h7,13-14H,6,8-11H2,1-5H3,(H,18,20)/t13?,14-/m0/s1. The van der Waals surface area contributed by atoms with Gasteiger partial charge in [-0.25, -0.2) is 9.59 Å². The van der Waals surface area contributed by atoms with E-state index in [1.807, 2.05) is 0 Å². The van der Waals surface area contributed by atoms with Gasteiger partial charge in [-0.05, 0) is 66.2 Å². The fourth-order valence-electron chi connectivity index (χ4n) is 2.47. The molecule has 0 aromatic heterocycles. The molecule has 5 nitrogen and oxygen atoms in total. The molecule has 1 aliphatic rings. The number of amides is 1. The van der Waals surface area contributed by atoms with Gasteiger partial charge in [-0.15, -0.1) is 0 Å². The molecule has 1 N–H and O–H groups in total. The molecule has 0 aliphatic heterocycles. The minimum atomic E-state index is -0.647. The van der Waals surface area contributed by atoms with Crippen LogP contribution in [0, 0.1) is 5.92 Å². The highest BCUT2D eigenvalue weighted by atomic mass is 16.6. The van der Waals surface area contributed by atoms with Crippen molar-refractivity contribution in [3.63, 3.8) is 0 Å². The molecule has 0 aromatic rings. The van der Waals surface area contributed by atoms with Crippen LogP contribution in [0.2, 0.25) is 0 Å². The van der Waals surface area contributed by atoms with Crippen LogP contribution in [-0.4, -0.2) is 30.3 Å². The fraction of sp³-hybridized carbons (Fsp3) is 0.765. The van der Waals surface area contributed by atoms with E-state index in [2.05, 4.69) is 18.3 Å². The molecule has 1 amide bonds.